The smallest absolute Gasteiger partial charge is 0.0387 e. The van der Waals surface area contributed by atoms with Gasteiger partial charge in [0.05, 0.1) is 0 Å². The van der Waals surface area contributed by atoms with E-state index < -0.39 is 0 Å². The molecular weight excluding hydrogens is 196 g/mol. The molecular formula is C14H22N2. The normalized spacial score (nSPS) is 17.9. The molecule has 0 saturated heterocycles. The van der Waals surface area contributed by atoms with Gasteiger partial charge >= 0.3 is 0 Å². The summed E-state index contributed by atoms with van der Waals surface area (Å²) in [7, 11) is 0. The third kappa shape index (κ3) is 2.22. The number of hydrogen-bond acceptors (Lipinski definition) is 2. The molecule has 0 heterocycles. The van der Waals surface area contributed by atoms with E-state index in [-0.39, 0.29) is 0 Å². The number of nitrogens with zero attached hydrogens (tertiary/aromatic N) is 1. The molecule has 0 radical (unpaired) electrons. The molecule has 0 bridgehead atoms. The number of aryl methyl sites for hydroxylation is 1. The summed E-state index contributed by atoms with van der Waals surface area (Å²) in [4.78, 5) is 2.51. The van der Waals surface area contributed by atoms with Crippen molar-refractivity contribution in [2.45, 2.75) is 45.2 Å². The van der Waals surface area contributed by atoms with Crippen LogP contribution in [0.2, 0.25) is 0 Å². The largest absolute Gasteiger partial charge is 0.365 e. The fourth-order valence-electron chi connectivity index (χ4n) is 2.39. The zero-order chi connectivity index (χ0) is 11.5. The van der Waals surface area contributed by atoms with Crippen LogP contribution in [0.15, 0.2) is 24.3 Å². The molecule has 2 heteroatoms. The number of nitrogens with two attached hydrogens (primary N) is 1. The van der Waals surface area contributed by atoms with E-state index in [2.05, 4.69) is 43.0 Å². The highest BCUT2D eigenvalue weighted by molar-refractivity contribution is 5.50. The lowest BCUT2D eigenvalue weighted by Crippen LogP contribution is -2.48. The summed E-state index contributed by atoms with van der Waals surface area (Å²) in [6.07, 6.45) is 4.00. The molecule has 1 aliphatic carbocycles. The first-order valence-corrected chi connectivity index (χ1v) is 6.27. The highest BCUT2D eigenvalue weighted by Gasteiger charge is 2.28. The summed E-state index contributed by atoms with van der Waals surface area (Å²) >= 11 is 0. The molecule has 0 spiro atoms. The Bertz CT molecular complexity index is 340. The first-order chi connectivity index (χ1) is 7.72. The van der Waals surface area contributed by atoms with Crippen molar-refractivity contribution in [1.29, 1.82) is 0 Å². The van der Waals surface area contributed by atoms with Gasteiger partial charge in [0.1, 0.15) is 0 Å². The van der Waals surface area contributed by atoms with Crippen LogP contribution < -0.4 is 10.6 Å². The van der Waals surface area contributed by atoms with Crippen molar-refractivity contribution in [2.24, 2.45) is 5.73 Å². The van der Waals surface area contributed by atoms with Crippen molar-refractivity contribution in [1.82, 2.24) is 0 Å². The second-order valence-corrected chi connectivity index (χ2v) is 4.92. The van der Waals surface area contributed by atoms with Crippen LogP contribution in [0.4, 0.5) is 5.69 Å². The van der Waals surface area contributed by atoms with Crippen LogP contribution in [0.3, 0.4) is 0 Å². The fraction of sp³-hybridized carbons (Fsp3) is 0.571. The monoisotopic (exact) mass is 218 g/mol. The van der Waals surface area contributed by atoms with Gasteiger partial charge in [-0.05, 0) is 50.8 Å². The molecule has 1 aromatic carbocycles. The van der Waals surface area contributed by atoms with Gasteiger partial charge in [-0.1, -0.05) is 12.1 Å². The number of anilines is 1. The molecule has 16 heavy (non-hydrogen) atoms. The molecule has 1 fully saturated rings. The maximum atomic E-state index is 5.82. The van der Waals surface area contributed by atoms with Gasteiger partial charge in [0.25, 0.3) is 0 Å². The minimum Gasteiger partial charge on any atom is -0.365 e. The third-order valence-corrected chi connectivity index (χ3v) is 3.58. The van der Waals surface area contributed by atoms with E-state index in [9.17, 15) is 0 Å². The Morgan fingerprint density at radius 1 is 1.44 bits per heavy atom. The summed E-state index contributed by atoms with van der Waals surface area (Å²) in [6, 6.07) is 9.91. The average Bonchev–Trinajstić information content (AvgIpc) is 2.22. The van der Waals surface area contributed by atoms with Gasteiger partial charge < -0.3 is 10.6 Å². The molecule has 0 aliphatic heterocycles. The summed E-state index contributed by atoms with van der Waals surface area (Å²) < 4.78 is 0. The second-order valence-electron chi connectivity index (χ2n) is 4.92. The van der Waals surface area contributed by atoms with Crippen molar-refractivity contribution in [3.05, 3.63) is 29.8 Å². The molecule has 88 valence electrons. The lowest BCUT2D eigenvalue weighted by Gasteiger charge is -2.43. The summed E-state index contributed by atoms with van der Waals surface area (Å²) in [5.41, 5.74) is 8.48. The van der Waals surface area contributed by atoms with Gasteiger partial charge in [0.15, 0.2) is 0 Å². The number of hydrogen-bond donors (Lipinski definition) is 1. The maximum absolute atomic E-state index is 5.82. The van der Waals surface area contributed by atoms with Gasteiger partial charge in [-0.3, -0.25) is 0 Å². The Hall–Kier alpha value is -1.02. The topological polar surface area (TPSA) is 29.3 Å². The van der Waals surface area contributed by atoms with E-state index in [1.165, 1.54) is 30.5 Å². The van der Waals surface area contributed by atoms with Crippen LogP contribution in [0, 0.1) is 6.92 Å². The van der Waals surface area contributed by atoms with Crippen LogP contribution in [0.1, 0.15) is 31.7 Å². The molecule has 2 nitrogen and oxygen atoms in total. The first-order valence-electron chi connectivity index (χ1n) is 6.27. The fourth-order valence-corrected chi connectivity index (χ4v) is 2.39. The van der Waals surface area contributed by atoms with E-state index in [0.717, 1.165) is 6.54 Å². The van der Waals surface area contributed by atoms with Crippen LogP contribution in [0.5, 0.6) is 0 Å². The van der Waals surface area contributed by atoms with Gasteiger partial charge in [0.2, 0.25) is 0 Å². The lowest BCUT2D eigenvalue weighted by molar-refractivity contribution is 0.364. The lowest BCUT2D eigenvalue weighted by atomic mass is 9.89. The van der Waals surface area contributed by atoms with Crippen molar-refractivity contribution in [2.75, 3.05) is 11.4 Å². The van der Waals surface area contributed by atoms with Crippen LogP contribution in [0.25, 0.3) is 0 Å². The Morgan fingerprint density at radius 2 is 2.19 bits per heavy atom. The van der Waals surface area contributed by atoms with Gasteiger partial charge in [-0.25, -0.2) is 0 Å². The molecule has 1 unspecified atom stereocenters. The summed E-state index contributed by atoms with van der Waals surface area (Å²) in [5.74, 6) is 0. The minimum absolute atomic E-state index is 0.437. The van der Waals surface area contributed by atoms with Crippen LogP contribution >= 0.6 is 0 Å². The maximum Gasteiger partial charge on any atom is 0.0387 e. The highest BCUT2D eigenvalue weighted by atomic mass is 15.2. The number of benzene rings is 1. The predicted molar refractivity (Wildman–Crippen MR) is 69.8 cm³/mol. The Labute approximate surface area is 98.4 Å². The molecule has 0 amide bonds. The van der Waals surface area contributed by atoms with Crippen LogP contribution in [-0.2, 0) is 0 Å². The average molecular weight is 218 g/mol. The quantitative estimate of drug-likeness (QED) is 0.842. The highest BCUT2D eigenvalue weighted by Crippen LogP contribution is 2.31. The molecule has 1 aliphatic rings. The van der Waals surface area contributed by atoms with E-state index in [0.29, 0.717) is 12.1 Å². The standard InChI is InChI=1S/C14H22N2/c1-11-5-3-8-14(9-11)16(12(2)10-15)13-6-4-7-13/h3,5,8-9,12-13H,4,6-7,10,15H2,1-2H3. The zero-order valence-corrected chi connectivity index (χ0v) is 10.3. The molecule has 1 aromatic rings. The van der Waals surface area contributed by atoms with Crippen molar-refractivity contribution >= 4 is 5.69 Å². The first kappa shape index (κ1) is 11.5. The molecule has 2 rings (SSSR count). The van der Waals surface area contributed by atoms with Crippen molar-refractivity contribution in [3.63, 3.8) is 0 Å². The Morgan fingerprint density at radius 3 is 2.69 bits per heavy atom. The van der Waals surface area contributed by atoms with Gasteiger partial charge in [-0.15, -0.1) is 0 Å². The van der Waals surface area contributed by atoms with Crippen molar-refractivity contribution in [3.8, 4) is 0 Å². The minimum atomic E-state index is 0.437. The van der Waals surface area contributed by atoms with E-state index in [1.54, 1.807) is 0 Å². The zero-order valence-electron chi connectivity index (χ0n) is 10.3. The summed E-state index contributed by atoms with van der Waals surface area (Å²) in [5, 5.41) is 0. The Kier molecular flexibility index (Phi) is 3.49. The van der Waals surface area contributed by atoms with E-state index >= 15 is 0 Å². The van der Waals surface area contributed by atoms with Gasteiger partial charge in [-0.2, -0.15) is 0 Å². The van der Waals surface area contributed by atoms with Crippen LogP contribution in [-0.4, -0.2) is 18.6 Å². The molecule has 2 N–H and O–H groups in total. The summed E-state index contributed by atoms with van der Waals surface area (Å²) in [6.45, 7) is 5.10. The Balaban J connectivity index is 2.23. The predicted octanol–water partition coefficient (Wildman–Crippen LogP) is 2.70. The number of rotatable bonds is 4. The SMILES string of the molecule is Cc1cccc(N(C(C)CN)C2CCC2)c1. The van der Waals surface area contributed by atoms with E-state index in [1.807, 2.05) is 0 Å². The second kappa shape index (κ2) is 4.88. The van der Waals surface area contributed by atoms with Gasteiger partial charge in [0, 0.05) is 24.3 Å². The molecule has 0 aromatic heterocycles. The molecule has 1 saturated carbocycles. The third-order valence-electron chi connectivity index (χ3n) is 3.58. The van der Waals surface area contributed by atoms with Crippen molar-refractivity contribution < 1.29 is 0 Å². The van der Waals surface area contributed by atoms with E-state index in [4.69, 9.17) is 5.73 Å². The molecule has 1 atom stereocenters.